The number of nitrogens with one attached hydrogen (secondary N) is 2. The molecule has 1 aliphatic heterocycles. The number of thioether (sulfide) groups is 1. The zero-order valence-corrected chi connectivity index (χ0v) is 19.5. The van der Waals surface area contributed by atoms with Crippen LogP contribution in [0.1, 0.15) is 26.6 Å². The zero-order chi connectivity index (χ0) is 23.3. The van der Waals surface area contributed by atoms with Crippen LogP contribution in [0.2, 0.25) is 0 Å². The minimum atomic E-state index is -0.558. The SMILES string of the molecule is O=C(NNC(=O)c1oc2ccccc2c1CSc1ncccn1)c1csc(N2CCOCC2)n1. The predicted octanol–water partition coefficient (Wildman–Crippen LogP) is 2.88. The van der Waals surface area contributed by atoms with Crippen molar-refractivity contribution < 1.29 is 18.7 Å². The number of hydrogen-bond donors (Lipinski definition) is 2. The molecule has 0 aliphatic carbocycles. The van der Waals surface area contributed by atoms with Gasteiger partial charge in [0.2, 0.25) is 0 Å². The summed E-state index contributed by atoms with van der Waals surface area (Å²) in [5, 5.41) is 3.82. The second-order valence-corrected chi connectivity index (χ2v) is 9.03. The molecule has 12 heteroatoms. The van der Waals surface area contributed by atoms with Crippen molar-refractivity contribution in [1.29, 1.82) is 0 Å². The number of morpholine rings is 1. The highest BCUT2D eigenvalue weighted by atomic mass is 32.2. The van der Waals surface area contributed by atoms with Crippen molar-refractivity contribution in [3.05, 3.63) is 65.1 Å². The number of thiazole rings is 1. The lowest BCUT2D eigenvalue weighted by atomic mass is 10.1. The number of aromatic nitrogens is 3. The van der Waals surface area contributed by atoms with E-state index < -0.39 is 11.8 Å². The van der Waals surface area contributed by atoms with Crippen LogP contribution in [0.25, 0.3) is 11.0 Å². The molecular weight excluding hydrogens is 476 g/mol. The van der Waals surface area contributed by atoms with Crippen molar-refractivity contribution >= 4 is 51.0 Å². The van der Waals surface area contributed by atoms with Gasteiger partial charge in [-0.25, -0.2) is 15.0 Å². The molecule has 0 saturated carbocycles. The van der Waals surface area contributed by atoms with Gasteiger partial charge < -0.3 is 14.1 Å². The number of anilines is 1. The van der Waals surface area contributed by atoms with Gasteiger partial charge in [0.25, 0.3) is 5.91 Å². The van der Waals surface area contributed by atoms with E-state index in [1.165, 1.54) is 23.1 Å². The number of ether oxygens (including phenoxy) is 1. The lowest BCUT2D eigenvalue weighted by Crippen LogP contribution is -2.42. The summed E-state index contributed by atoms with van der Waals surface area (Å²) in [5.41, 5.74) is 6.38. The fourth-order valence-electron chi connectivity index (χ4n) is 3.42. The Balaban J connectivity index is 1.28. The van der Waals surface area contributed by atoms with Crippen molar-refractivity contribution in [1.82, 2.24) is 25.8 Å². The number of hydrazine groups is 1. The molecule has 3 aromatic heterocycles. The van der Waals surface area contributed by atoms with E-state index in [9.17, 15) is 9.59 Å². The molecule has 2 amide bonds. The van der Waals surface area contributed by atoms with Crippen molar-refractivity contribution in [2.45, 2.75) is 10.9 Å². The van der Waals surface area contributed by atoms with Crippen molar-refractivity contribution in [3.63, 3.8) is 0 Å². The second-order valence-electron chi connectivity index (χ2n) is 7.25. The van der Waals surface area contributed by atoms with Gasteiger partial charge >= 0.3 is 5.91 Å². The monoisotopic (exact) mass is 496 g/mol. The average molecular weight is 497 g/mol. The Kier molecular flexibility index (Phi) is 6.70. The Labute approximate surface area is 202 Å². The number of amides is 2. The number of rotatable bonds is 6. The van der Waals surface area contributed by atoms with E-state index in [1.807, 2.05) is 18.2 Å². The summed E-state index contributed by atoms with van der Waals surface area (Å²) in [6.45, 7) is 2.72. The van der Waals surface area contributed by atoms with Gasteiger partial charge in [0.05, 0.1) is 13.2 Å². The van der Waals surface area contributed by atoms with E-state index in [0.29, 0.717) is 35.3 Å². The highest BCUT2D eigenvalue weighted by molar-refractivity contribution is 7.98. The van der Waals surface area contributed by atoms with Crippen LogP contribution >= 0.6 is 23.1 Å². The van der Waals surface area contributed by atoms with Crippen LogP contribution in [0.5, 0.6) is 0 Å². The summed E-state index contributed by atoms with van der Waals surface area (Å²) in [6, 6.07) is 9.13. The highest BCUT2D eigenvalue weighted by Crippen LogP contribution is 2.31. The molecule has 4 heterocycles. The molecule has 0 atom stereocenters. The van der Waals surface area contributed by atoms with Crippen LogP contribution in [0, 0.1) is 0 Å². The molecule has 0 spiro atoms. The average Bonchev–Trinajstić information content (AvgIpc) is 3.53. The Bertz CT molecular complexity index is 1300. The number of nitrogens with zero attached hydrogens (tertiary/aromatic N) is 4. The third-order valence-electron chi connectivity index (χ3n) is 5.09. The van der Waals surface area contributed by atoms with E-state index in [4.69, 9.17) is 9.15 Å². The molecule has 0 radical (unpaired) electrons. The summed E-state index contributed by atoms with van der Waals surface area (Å²) in [4.78, 5) is 40.4. The summed E-state index contributed by atoms with van der Waals surface area (Å²) < 4.78 is 11.2. The lowest BCUT2D eigenvalue weighted by molar-refractivity contribution is 0.0829. The van der Waals surface area contributed by atoms with E-state index in [0.717, 1.165) is 23.6 Å². The van der Waals surface area contributed by atoms with Crippen molar-refractivity contribution in [2.24, 2.45) is 0 Å². The number of furan rings is 1. The Morgan fingerprint density at radius 1 is 1.06 bits per heavy atom. The smallest absolute Gasteiger partial charge is 0.305 e. The van der Waals surface area contributed by atoms with Gasteiger partial charge in [-0.05, 0) is 12.1 Å². The van der Waals surface area contributed by atoms with E-state index in [1.54, 1.807) is 29.9 Å². The standard InChI is InChI=1S/C22H20N6O4S2/c29-19(16-13-34-22(25-16)28-8-10-31-11-9-28)26-27-20(30)18-15(12-33-21-23-6-3-7-24-21)14-4-1-2-5-17(14)32-18/h1-7,13H,8-12H2,(H,26,29)(H,27,30). The molecule has 1 aromatic carbocycles. The molecule has 2 N–H and O–H groups in total. The Hall–Kier alpha value is -3.48. The van der Waals surface area contributed by atoms with Gasteiger partial charge in [-0.15, -0.1) is 11.3 Å². The van der Waals surface area contributed by atoms with Crippen LogP contribution in [0.15, 0.2) is 57.7 Å². The summed E-state index contributed by atoms with van der Waals surface area (Å²) in [6.07, 6.45) is 3.32. The number of hydrogen-bond acceptors (Lipinski definition) is 10. The minimum Gasteiger partial charge on any atom is -0.451 e. The largest absolute Gasteiger partial charge is 0.451 e. The first-order valence-electron chi connectivity index (χ1n) is 10.5. The molecule has 5 rings (SSSR count). The van der Waals surface area contributed by atoms with Crippen LogP contribution in [-0.2, 0) is 10.5 Å². The van der Waals surface area contributed by atoms with Gasteiger partial charge in [-0.1, -0.05) is 30.0 Å². The first-order valence-corrected chi connectivity index (χ1v) is 12.3. The van der Waals surface area contributed by atoms with Crippen LogP contribution < -0.4 is 15.8 Å². The van der Waals surface area contributed by atoms with E-state index >= 15 is 0 Å². The fourth-order valence-corrected chi connectivity index (χ4v) is 5.12. The maximum absolute atomic E-state index is 12.9. The molecule has 10 nitrogen and oxygen atoms in total. The van der Waals surface area contributed by atoms with Gasteiger partial charge in [-0.2, -0.15) is 0 Å². The molecule has 34 heavy (non-hydrogen) atoms. The molecule has 174 valence electrons. The van der Waals surface area contributed by atoms with Gasteiger partial charge in [0.15, 0.2) is 16.0 Å². The Morgan fingerprint density at radius 3 is 2.65 bits per heavy atom. The lowest BCUT2D eigenvalue weighted by Gasteiger charge is -2.25. The maximum atomic E-state index is 12.9. The normalized spacial score (nSPS) is 13.7. The predicted molar refractivity (Wildman–Crippen MR) is 128 cm³/mol. The molecule has 1 aliphatic rings. The van der Waals surface area contributed by atoms with Crippen molar-refractivity contribution in [2.75, 3.05) is 31.2 Å². The summed E-state index contributed by atoms with van der Waals surface area (Å²) >= 11 is 2.77. The van der Waals surface area contributed by atoms with E-state index in [2.05, 4.69) is 30.7 Å². The summed E-state index contributed by atoms with van der Waals surface area (Å²) in [5.74, 6) is -0.518. The number of para-hydroxylation sites is 1. The first kappa shape index (κ1) is 22.3. The maximum Gasteiger partial charge on any atom is 0.305 e. The van der Waals surface area contributed by atoms with Gasteiger partial charge in [0, 0.05) is 47.6 Å². The Morgan fingerprint density at radius 2 is 1.82 bits per heavy atom. The molecule has 4 aromatic rings. The zero-order valence-electron chi connectivity index (χ0n) is 17.9. The molecule has 0 bridgehead atoms. The fraction of sp³-hybridized carbons (Fsp3) is 0.227. The van der Waals surface area contributed by atoms with E-state index in [-0.39, 0.29) is 11.5 Å². The topological polar surface area (TPSA) is 122 Å². The number of carbonyl (C=O) groups is 2. The number of fused-ring (bicyclic) bond motifs is 1. The third-order valence-corrected chi connectivity index (χ3v) is 6.89. The first-order chi connectivity index (χ1) is 16.7. The van der Waals surface area contributed by atoms with Crippen LogP contribution in [-0.4, -0.2) is 53.1 Å². The summed E-state index contributed by atoms with van der Waals surface area (Å²) in [7, 11) is 0. The highest BCUT2D eigenvalue weighted by Gasteiger charge is 2.22. The van der Waals surface area contributed by atoms with Gasteiger partial charge in [0.1, 0.15) is 11.3 Å². The number of carbonyl (C=O) groups excluding carboxylic acids is 2. The minimum absolute atomic E-state index is 0.122. The molecule has 1 saturated heterocycles. The number of benzene rings is 1. The second kappa shape index (κ2) is 10.2. The van der Waals surface area contributed by atoms with Gasteiger partial charge in [-0.3, -0.25) is 20.4 Å². The molecule has 1 fully saturated rings. The van der Waals surface area contributed by atoms with Crippen LogP contribution in [0.3, 0.4) is 0 Å². The van der Waals surface area contributed by atoms with Crippen LogP contribution in [0.4, 0.5) is 5.13 Å². The van der Waals surface area contributed by atoms with Crippen molar-refractivity contribution in [3.8, 4) is 0 Å². The molecular formula is C22H20N6O4S2. The molecule has 0 unspecified atom stereocenters. The third kappa shape index (κ3) is 4.88. The quantitative estimate of drug-likeness (QED) is 0.236.